The molecule has 0 fully saturated rings. The van der Waals surface area contributed by atoms with Crippen LogP contribution in [0.15, 0.2) is 66.1 Å². The third-order valence-corrected chi connectivity index (χ3v) is 5.21. The topological polar surface area (TPSA) is 85.2 Å². The number of benzene rings is 2. The molecule has 0 spiro atoms. The number of methoxy groups -OCH3 is 1. The highest BCUT2D eigenvalue weighted by Gasteiger charge is 2.09. The SMILES string of the molecule is COc1ccc(CNC(=O)c2ccc(NC(=O)CSc3nccn3C)cc2)cc1. The zero-order valence-corrected chi connectivity index (χ0v) is 17.0. The number of hydrogen-bond donors (Lipinski definition) is 2. The standard InChI is InChI=1S/C21H22N4O3S/c1-25-12-11-22-21(25)29-14-19(26)24-17-7-5-16(6-8-17)20(27)23-13-15-3-9-18(28-2)10-4-15/h3-12H,13-14H2,1-2H3,(H,23,27)(H,24,26). The lowest BCUT2D eigenvalue weighted by atomic mass is 10.1. The minimum absolute atomic E-state index is 0.130. The van der Waals surface area contributed by atoms with E-state index in [2.05, 4.69) is 15.6 Å². The van der Waals surface area contributed by atoms with Gasteiger partial charge in [-0.1, -0.05) is 23.9 Å². The summed E-state index contributed by atoms with van der Waals surface area (Å²) in [7, 11) is 3.49. The average Bonchev–Trinajstić information content (AvgIpc) is 3.16. The first-order valence-corrected chi connectivity index (χ1v) is 9.95. The van der Waals surface area contributed by atoms with Gasteiger partial charge in [-0.05, 0) is 42.0 Å². The van der Waals surface area contributed by atoms with Crippen molar-refractivity contribution >= 4 is 29.3 Å². The molecule has 0 unspecified atom stereocenters. The van der Waals surface area contributed by atoms with Gasteiger partial charge in [0.05, 0.1) is 12.9 Å². The molecule has 0 saturated carbocycles. The number of imidazole rings is 1. The number of thioether (sulfide) groups is 1. The first-order valence-electron chi connectivity index (χ1n) is 8.96. The lowest BCUT2D eigenvalue weighted by Gasteiger charge is -2.08. The second-order valence-corrected chi connectivity index (χ2v) is 7.21. The maximum absolute atomic E-state index is 12.3. The molecule has 3 aromatic rings. The molecule has 0 aliphatic rings. The van der Waals surface area contributed by atoms with Crippen molar-refractivity contribution in [3.05, 3.63) is 72.1 Å². The van der Waals surface area contributed by atoms with E-state index in [-0.39, 0.29) is 17.6 Å². The van der Waals surface area contributed by atoms with Crippen molar-refractivity contribution in [2.75, 3.05) is 18.2 Å². The van der Waals surface area contributed by atoms with Crippen molar-refractivity contribution in [2.24, 2.45) is 7.05 Å². The van der Waals surface area contributed by atoms with Crippen molar-refractivity contribution < 1.29 is 14.3 Å². The van der Waals surface area contributed by atoms with Crippen molar-refractivity contribution in [1.82, 2.24) is 14.9 Å². The van der Waals surface area contributed by atoms with Crippen LogP contribution in [0, 0.1) is 0 Å². The summed E-state index contributed by atoms with van der Waals surface area (Å²) in [5.74, 6) is 0.726. The smallest absolute Gasteiger partial charge is 0.251 e. The van der Waals surface area contributed by atoms with Crippen LogP contribution in [-0.4, -0.2) is 34.2 Å². The molecule has 0 aliphatic heterocycles. The van der Waals surface area contributed by atoms with Gasteiger partial charge in [0.1, 0.15) is 5.75 Å². The third-order valence-electron chi connectivity index (χ3n) is 4.15. The molecule has 150 valence electrons. The number of nitrogens with zero attached hydrogens (tertiary/aromatic N) is 2. The Morgan fingerprint density at radius 3 is 2.45 bits per heavy atom. The van der Waals surface area contributed by atoms with Crippen molar-refractivity contribution in [1.29, 1.82) is 0 Å². The number of carbonyl (C=O) groups is 2. The van der Waals surface area contributed by atoms with Gasteiger partial charge in [0.2, 0.25) is 5.91 Å². The van der Waals surface area contributed by atoms with E-state index >= 15 is 0 Å². The van der Waals surface area contributed by atoms with Crippen molar-refractivity contribution in [3.63, 3.8) is 0 Å². The van der Waals surface area contributed by atoms with Gasteiger partial charge in [0.15, 0.2) is 5.16 Å². The number of carbonyl (C=O) groups excluding carboxylic acids is 2. The highest BCUT2D eigenvalue weighted by atomic mass is 32.2. The van der Waals surface area contributed by atoms with Crippen LogP contribution in [0.5, 0.6) is 5.75 Å². The molecule has 2 aromatic carbocycles. The van der Waals surface area contributed by atoms with Crippen LogP contribution in [0.1, 0.15) is 15.9 Å². The zero-order valence-electron chi connectivity index (χ0n) is 16.2. The van der Waals surface area contributed by atoms with Crippen LogP contribution < -0.4 is 15.4 Å². The maximum Gasteiger partial charge on any atom is 0.251 e. The first-order chi connectivity index (χ1) is 14.0. The molecule has 1 heterocycles. The Morgan fingerprint density at radius 2 is 1.83 bits per heavy atom. The van der Waals surface area contributed by atoms with E-state index in [0.717, 1.165) is 16.5 Å². The summed E-state index contributed by atoms with van der Waals surface area (Å²) in [5, 5.41) is 6.47. The third kappa shape index (κ3) is 5.86. The van der Waals surface area contributed by atoms with Gasteiger partial charge in [-0.25, -0.2) is 4.98 Å². The Balaban J connectivity index is 1.47. The maximum atomic E-state index is 12.3. The van der Waals surface area contributed by atoms with Crippen LogP contribution in [0.3, 0.4) is 0 Å². The highest BCUT2D eigenvalue weighted by molar-refractivity contribution is 7.99. The Bertz CT molecular complexity index is 968. The molecule has 29 heavy (non-hydrogen) atoms. The lowest BCUT2D eigenvalue weighted by molar-refractivity contribution is -0.113. The number of aryl methyl sites for hydroxylation is 1. The van der Waals surface area contributed by atoms with Crippen LogP contribution in [0.25, 0.3) is 0 Å². The van der Waals surface area contributed by atoms with E-state index in [1.54, 1.807) is 37.6 Å². The second-order valence-electron chi connectivity index (χ2n) is 6.27. The Labute approximate surface area is 173 Å². The van der Waals surface area contributed by atoms with Crippen molar-refractivity contribution in [3.8, 4) is 5.75 Å². The van der Waals surface area contributed by atoms with Gasteiger partial charge in [-0.3, -0.25) is 9.59 Å². The number of rotatable bonds is 8. The minimum Gasteiger partial charge on any atom is -0.497 e. The number of hydrogen-bond acceptors (Lipinski definition) is 5. The molecular weight excluding hydrogens is 388 g/mol. The van der Waals surface area contributed by atoms with Crippen LogP contribution >= 0.6 is 11.8 Å². The minimum atomic E-state index is -0.177. The molecule has 8 heteroatoms. The fourth-order valence-corrected chi connectivity index (χ4v) is 3.28. The number of amides is 2. The molecule has 7 nitrogen and oxygen atoms in total. The fraction of sp³-hybridized carbons (Fsp3) is 0.190. The molecule has 0 bridgehead atoms. The normalized spacial score (nSPS) is 10.4. The summed E-state index contributed by atoms with van der Waals surface area (Å²) in [6.07, 6.45) is 3.53. The predicted octanol–water partition coefficient (Wildman–Crippen LogP) is 3.09. The summed E-state index contributed by atoms with van der Waals surface area (Å²) in [6, 6.07) is 14.3. The van der Waals surface area contributed by atoms with E-state index in [0.29, 0.717) is 17.8 Å². The van der Waals surface area contributed by atoms with Crippen molar-refractivity contribution in [2.45, 2.75) is 11.7 Å². The summed E-state index contributed by atoms with van der Waals surface area (Å²) in [6.45, 7) is 0.422. The number of nitrogens with one attached hydrogen (secondary N) is 2. The quantitative estimate of drug-likeness (QED) is 0.558. The predicted molar refractivity (Wildman–Crippen MR) is 113 cm³/mol. The zero-order chi connectivity index (χ0) is 20.6. The molecule has 0 aliphatic carbocycles. The molecule has 2 amide bonds. The molecule has 0 saturated heterocycles. The molecule has 0 atom stereocenters. The van der Waals surface area contributed by atoms with Gasteiger partial charge < -0.3 is 19.9 Å². The van der Waals surface area contributed by atoms with E-state index in [4.69, 9.17) is 4.74 Å². The van der Waals surface area contributed by atoms with Crippen LogP contribution in [-0.2, 0) is 18.4 Å². The summed E-state index contributed by atoms with van der Waals surface area (Å²) in [5.41, 5.74) is 2.15. The Morgan fingerprint density at radius 1 is 1.10 bits per heavy atom. The molecule has 0 radical (unpaired) electrons. The van der Waals surface area contributed by atoms with Crippen LogP contribution in [0.2, 0.25) is 0 Å². The van der Waals surface area contributed by atoms with E-state index in [1.165, 1.54) is 11.8 Å². The van der Waals surface area contributed by atoms with Crippen LogP contribution in [0.4, 0.5) is 5.69 Å². The highest BCUT2D eigenvalue weighted by Crippen LogP contribution is 2.16. The van der Waals surface area contributed by atoms with Gasteiger partial charge in [0, 0.05) is 37.2 Å². The molecule has 3 rings (SSSR count). The van der Waals surface area contributed by atoms with Gasteiger partial charge >= 0.3 is 0 Å². The lowest BCUT2D eigenvalue weighted by Crippen LogP contribution is -2.22. The Kier molecular flexibility index (Phi) is 6.91. The van der Waals surface area contributed by atoms with Gasteiger partial charge in [-0.2, -0.15) is 0 Å². The van der Waals surface area contributed by atoms with E-state index < -0.39 is 0 Å². The first kappa shape index (κ1) is 20.5. The van der Waals surface area contributed by atoms with Gasteiger partial charge in [-0.15, -0.1) is 0 Å². The summed E-state index contributed by atoms with van der Waals surface area (Å²) >= 11 is 1.36. The largest absolute Gasteiger partial charge is 0.497 e. The second kappa shape index (κ2) is 9.79. The van der Waals surface area contributed by atoms with E-state index in [9.17, 15) is 9.59 Å². The van der Waals surface area contributed by atoms with Gasteiger partial charge in [0.25, 0.3) is 5.91 Å². The molecule has 1 aromatic heterocycles. The Hall–Kier alpha value is -3.26. The fourth-order valence-electron chi connectivity index (χ4n) is 2.55. The monoisotopic (exact) mass is 410 g/mol. The summed E-state index contributed by atoms with van der Waals surface area (Å²) in [4.78, 5) is 28.6. The number of anilines is 1. The average molecular weight is 410 g/mol. The number of aromatic nitrogens is 2. The number of ether oxygens (including phenoxy) is 1. The molecule has 2 N–H and O–H groups in total. The van der Waals surface area contributed by atoms with E-state index in [1.807, 2.05) is 42.1 Å². The summed E-state index contributed by atoms with van der Waals surface area (Å²) < 4.78 is 6.98. The molecular formula is C21H22N4O3S.